The molecule has 0 aromatic carbocycles. The summed E-state index contributed by atoms with van der Waals surface area (Å²) in [4.78, 5) is 0. The Bertz CT molecular complexity index is 182. The van der Waals surface area contributed by atoms with E-state index in [2.05, 4.69) is 17.5 Å². The molecule has 0 aromatic heterocycles. The average Bonchev–Trinajstić information content (AvgIpc) is 2.55. The summed E-state index contributed by atoms with van der Waals surface area (Å²) in [6, 6.07) is 0. The number of fused-ring (bicyclic) bond motifs is 1. The molecule has 0 radical (unpaired) electrons. The number of nitrogens with one attached hydrogen (secondary N) is 1. The highest BCUT2D eigenvalue weighted by molar-refractivity contribution is 5.85. The third-order valence-electron chi connectivity index (χ3n) is 3.85. The lowest BCUT2D eigenvalue weighted by Crippen LogP contribution is -2.35. The smallest absolute Gasteiger partial charge is 0.00114 e. The highest BCUT2D eigenvalue weighted by Gasteiger charge is 2.42. The second kappa shape index (κ2) is 3.04. The molecule has 4 aliphatic rings. The number of allylic oxidation sites excluding steroid dienone is 2. The van der Waals surface area contributed by atoms with Crippen LogP contribution in [0.3, 0.4) is 0 Å². The second-order valence-corrected chi connectivity index (χ2v) is 4.28. The summed E-state index contributed by atoms with van der Waals surface area (Å²) in [6.45, 7) is 2.58. The van der Waals surface area contributed by atoms with Crippen LogP contribution in [0.15, 0.2) is 12.2 Å². The number of hydrogen-bond donors (Lipinski definition) is 1. The van der Waals surface area contributed by atoms with Gasteiger partial charge < -0.3 is 5.32 Å². The summed E-state index contributed by atoms with van der Waals surface area (Å²) in [5.74, 6) is 3.86. The lowest BCUT2D eigenvalue weighted by Gasteiger charge is -2.40. The predicted molar refractivity (Wildman–Crippen MR) is 52.5 cm³/mol. The Hall–Kier alpha value is -0.0100. The van der Waals surface area contributed by atoms with Crippen LogP contribution in [-0.2, 0) is 0 Å². The van der Waals surface area contributed by atoms with E-state index in [1.54, 1.807) is 0 Å². The van der Waals surface area contributed by atoms with Gasteiger partial charge in [-0.15, -0.1) is 12.4 Å². The van der Waals surface area contributed by atoms with E-state index in [1.165, 1.54) is 25.9 Å². The van der Waals surface area contributed by atoms with Crippen molar-refractivity contribution in [2.24, 2.45) is 23.7 Å². The molecule has 68 valence electrons. The van der Waals surface area contributed by atoms with Gasteiger partial charge in [-0.05, 0) is 49.6 Å². The van der Waals surface area contributed by atoms with Crippen LogP contribution in [0.1, 0.15) is 12.8 Å². The topological polar surface area (TPSA) is 12.0 Å². The van der Waals surface area contributed by atoms with Crippen molar-refractivity contribution < 1.29 is 0 Å². The Labute approximate surface area is 80.0 Å². The third-order valence-corrected chi connectivity index (χ3v) is 3.85. The van der Waals surface area contributed by atoms with E-state index in [0.29, 0.717) is 0 Å². The fourth-order valence-electron chi connectivity index (χ4n) is 3.23. The minimum atomic E-state index is 0. The molecule has 2 heteroatoms. The summed E-state index contributed by atoms with van der Waals surface area (Å²) in [5.41, 5.74) is 0. The molecule has 0 spiro atoms. The first-order valence-electron chi connectivity index (χ1n) is 4.84. The molecule has 12 heavy (non-hydrogen) atoms. The lowest BCUT2D eigenvalue weighted by atomic mass is 9.64. The minimum Gasteiger partial charge on any atom is -0.316 e. The first kappa shape index (κ1) is 8.58. The molecule has 1 aliphatic heterocycles. The van der Waals surface area contributed by atoms with Crippen molar-refractivity contribution in [3.63, 3.8) is 0 Å². The van der Waals surface area contributed by atoms with Crippen LogP contribution < -0.4 is 5.32 Å². The Morgan fingerprint density at radius 2 is 1.42 bits per heavy atom. The largest absolute Gasteiger partial charge is 0.316 e. The van der Waals surface area contributed by atoms with Crippen LogP contribution in [0.25, 0.3) is 0 Å². The molecule has 1 nitrogen and oxygen atoms in total. The fraction of sp³-hybridized carbons (Fsp3) is 0.800. The minimum absolute atomic E-state index is 0. The molecule has 1 saturated carbocycles. The van der Waals surface area contributed by atoms with Crippen LogP contribution in [0, 0.1) is 23.7 Å². The maximum atomic E-state index is 3.53. The molecular weight excluding hydrogens is 170 g/mol. The molecule has 2 fully saturated rings. The van der Waals surface area contributed by atoms with Crippen LogP contribution >= 0.6 is 12.4 Å². The Balaban J connectivity index is 0.000000563. The molecule has 2 bridgehead atoms. The standard InChI is InChI=1S/C10H15N.ClH/c1-2-8-4-3-7(1)9-5-11-6-10(8)9;/h1-2,7-11H,3-6H2;1H. The molecule has 4 unspecified atom stereocenters. The van der Waals surface area contributed by atoms with E-state index < -0.39 is 0 Å². The van der Waals surface area contributed by atoms with Gasteiger partial charge >= 0.3 is 0 Å². The molecule has 0 aromatic rings. The monoisotopic (exact) mass is 185 g/mol. The Morgan fingerprint density at radius 1 is 0.917 bits per heavy atom. The van der Waals surface area contributed by atoms with Gasteiger partial charge in [-0.2, -0.15) is 0 Å². The number of hydrogen-bond acceptors (Lipinski definition) is 1. The zero-order valence-corrected chi connectivity index (χ0v) is 8.02. The van der Waals surface area contributed by atoms with E-state index in [9.17, 15) is 0 Å². The Morgan fingerprint density at radius 3 is 1.83 bits per heavy atom. The summed E-state index contributed by atoms with van der Waals surface area (Å²) in [5, 5.41) is 3.53. The van der Waals surface area contributed by atoms with Gasteiger partial charge in [-0.3, -0.25) is 0 Å². The van der Waals surface area contributed by atoms with Gasteiger partial charge in [0.1, 0.15) is 0 Å². The maximum absolute atomic E-state index is 3.53. The highest BCUT2D eigenvalue weighted by atomic mass is 35.5. The van der Waals surface area contributed by atoms with Gasteiger partial charge in [0.05, 0.1) is 0 Å². The first-order chi connectivity index (χ1) is 5.45. The molecule has 4 rings (SSSR count). The molecule has 4 atom stereocenters. The summed E-state index contributed by atoms with van der Waals surface area (Å²) >= 11 is 0. The van der Waals surface area contributed by atoms with Crippen molar-refractivity contribution in [3.8, 4) is 0 Å². The third kappa shape index (κ3) is 1.03. The molecule has 3 aliphatic carbocycles. The van der Waals surface area contributed by atoms with Crippen molar-refractivity contribution in [2.45, 2.75) is 12.8 Å². The van der Waals surface area contributed by atoms with Gasteiger partial charge in [-0.25, -0.2) is 0 Å². The molecule has 0 amide bonds. The summed E-state index contributed by atoms with van der Waals surface area (Å²) in [6.07, 6.45) is 7.87. The van der Waals surface area contributed by atoms with Gasteiger partial charge in [-0.1, -0.05) is 12.2 Å². The van der Waals surface area contributed by atoms with E-state index >= 15 is 0 Å². The van der Waals surface area contributed by atoms with Crippen molar-refractivity contribution in [2.75, 3.05) is 13.1 Å². The van der Waals surface area contributed by atoms with E-state index in [1.807, 2.05) is 0 Å². The second-order valence-electron chi connectivity index (χ2n) is 4.28. The zero-order valence-electron chi connectivity index (χ0n) is 7.20. The van der Waals surface area contributed by atoms with Crippen molar-refractivity contribution >= 4 is 12.4 Å². The van der Waals surface area contributed by atoms with E-state index in [0.717, 1.165) is 23.7 Å². The first-order valence-corrected chi connectivity index (χ1v) is 4.84. The summed E-state index contributed by atoms with van der Waals surface area (Å²) < 4.78 is 0. The number of halogens is 1. The number of rotatable bonds is 0. The van der Waals surface area contributed by atoms with Gasteiger partial charge in [0, 0.05) is 0 Å². The van der Waals surface area contributed by atoms with Crippen molar-refractivity contribution in [1.82, 2.24) is 5.32 Å². The van der Waals surface area contributed by atoms with E-state index in [4.69, 9.17) is 0 Å². The van der Waals surface area contributed by atoms with Crippen molar-refractivity contribution in [3.05, 3.63) is 12.2 Å². The molecule has 1 heterocycles. The molecule has 1 saturated heterocycles. The van der Waals surface area contributed by atoms with Crippen molar-refractivity contribution in [1.29, 1.82) is 0 Å². The van der Waals surface area contributed by atoms with Crippen LogP contribution in [-0.4, -0.2) is 13.1 Å². The molecule has 1 N–H and O–H groups in total. The predicted octanol–water partition coefficient (Wildman–Crippen LogP) is 1.84. The normalized spacial score (nSPS) is 48.7. The average molecular weight is 186 g/mol. The lowest BCUT2D eigenvalue weighted by molar-refractivity contribution is 0.169. The highest BCUT2D eigenvalue weighted by Crippen LogP contribution is 2.45. The van der Waals surface area contributed by atoms with Gasteiger partial charge in [0.25, 0.3) is 0 Å². The van der Waals surface area contributed by atoms with Crippen LogP contribution in [0.2, 0.25) is 0 Å². The van der Waals surface area contributed by atoms with Crippen LogP contribution in [0.5, 0.6) is 0 Å². The zero-order chi connectivity index (χ0) is 7.26. The van der Waals surface area contributed by atoms with Crippen LogP contribution in [0.4, 0.5) is 0 Å². The fourth-order valence-corrected chi connectivity index (χ4v) is 3.23. The molecular formula is C10H16ClN. The van der Waals surface area contributed by atoms with Gasteiger partial charge in [0.2, 0.25) is 0 Å². The summed E-state index contributed by atoms with van der Waals surface area (Å²) in [7, 11) is 0. The maximum Gasteiger partial charge on any atom is -0.00114 e. The van der Waals surface area contributed by atoms with E-state index in [-0.39, 0.29) is 12.4 Å². The quantitative estimate of drug-likeness (QED) is 0.568. The van der Waals surface area contributed by atoms with Gasteiger partial charge in [0.15, 0.2) is 0 Å². The SMILES string of the molecule is C1=CC2CCC1C1CNCC21.Cl. The Kier molecular flexibility index (Phi) is 2.18.